The summed E-state index contributed by atoms with van der Waals surface area (Å²) in [5, 5.41) is 0. The van der Waals surface area contributed by atoms with Gasteiger partial charge in [-0.15, -0.1) is 0 Å². The van der Waals surface area contributed by atoms with Crippen LogP contribution >= 0.6 is 15.9 Å². The lowest BCUT2D eigenvalue weighted by atomic mass is 9.99. The minimum absolute atomic E-state index is 0.275. The highest BCUT2D eigenvalue weighted by Crippen LogP contribution is 2.18. The molecule has 0 heterocycles. The van der Waals surface area contributed by atoms with Crippen molar-refractivity contribution in [3.8, 4) is 0 Å². The molecule has 2 rings (SSSR count). The molecule has 0 amide bonds. The third kappa shape index (κ3) is 4.56. The van der Waals surface area contributed by atoms with E-state index in [2.05, 4.69) is 21.4 Å². The summed E-state index contributed by atoms with van der Waals surface area (Å²) in [5.74, 6) is 3.88. The van der Waals surface area contributed by atoms with Gasteiger partial charge >= 0.3 is 0 Å². The summed E-state index contributed by atoms with van der Waals surface area (Å²) in [7, 11) is 0. The van der Waals surface area contributed by atoms with Crippen LogP contribution in [0, 0.1) is 17.5 Å². The fraction of sp³-hybridized carbons (Fsp3) is 0.200. The fourth-order valence-corrected chi connectivity index (χ4v) is 2.67. The molecular formula is C15H14BrF3N2. The molecule has 2 aromatic carbocycles. The van der Waals surface area contributed by atoms with Gasteiger partial charge in [0, 0.05) is 16.6 Å². The summed E-state index contributed by atoms with van der Waals surface area (Å²) in [5.41, 5.74) is 3.67. The van der Waals surface area contributed by atoms with E-state index in [1.807, 2.05) is 0 Å². The van der Waals surface area contributed by atoms with Gasteiger partial charge in [-0.3, -0.25) is 11.3 Å². The Morgan fingerprint density at radius 2 is 1.76 bits per heavy atom. The Morgan fingerprint density at radius 3 is 2.38 bits per heavy atom. The van der Waals surface area contributed by atoms with Gasteiger partial charge in [-0.2, -0.15) is 0 Å². The second kappa shape index (κ2) is 7.06. The number of benzene rings is 2. The van der Waals surface area contributed by atoms with Gasteiger partial charge < -0.3 is 0 Å². The summed E-state index contributed by atoms with van der Waals surface area (Å²) in [6.07, 6.45) is 0.695. The van der Waals surface area contributed by atoms with E-state index < -0.39 is 11.6 Å². The third-order valence-corrected chi connectivity index (χ3v) is 3.58. The minimum atomic E-state index is -0.623. The average molecular weight is 359 g/mol. The molecule has 0 aliphatic rings. The molecule has 0 aromatic heterocycles. The van der Waals surface area contributed by atoms with Gasteiger partial charge in [0.25, 0.3) is 0 Å². The molecule has 0 radical (unpaired) electrons. The highest BCUT2D eigenvalue weighted by molar-refractivity contribution is 9.10. The molecule has 3 N–H and O–H groups in total. The van der Waals surface area contributed by atoms with Crippen LogP contribution in [0.1, 0.15) is 11.1 Å². The van der Waals surface area contributed by atoms with Crippen molar-refractivity contribution < 1.29 is 13.2 Å². The Morgan fingerprint density at radius 1 is 1.00 bits per heavy atom. The highest BCUT2D eigenvalue weighted by Gasteiger charge is 2.13. The van der Waals surface area contributed by atoms with Crippen LogP contribution in [0.15, 0.2) is 40.9 Å². The monoisotopic (exact) mass is 358 g/mol. The lowest BCUT2D eigenvalue weighted by Gasteiger charge is -2.17. The molecule has 2 nitrogen and oxygen atoms in total. The summed E-state index contributed by atoms with van der Waals surface area (Å²) in [6, 6.07) is 7.65. The zero-order valence-corrected chi connectivity index (χ0v) is 12.6. The van der Waals surface area contributed by atoms with Crippen LogP contribution in [0.5, 0.6) is 0 Å². The summed E-state index contributed by atoms with van der Waals surface area (Å²) in [4.78, 5) is 0. The van der Waals surface area contributed by atoms with E-state index in [9.17, 15) is 13.2 Å². The van der Waals surface area contributed by atoms with Crippen LogP contribution < -0.4 is 11.3 Å². The second-order valence-electron chi connectivity index (χ2n) is 4.79. The van der Waals surface area contributed by atoms with Gasteiger partial charge in [-0.05, 0) is 48.2 Å². The molecule has 0 spiro atoms. The predicted molar refractivity (Wildman–Crippen MR) is 79.0 cm³/mol. The number of hydrogen-bond acceptors (Lipinski definition) is 2. The maximum Gasteiger partial charge on any atom is 0.129 e. The van der Waals surface area contributed by atoms with Crippen molar-refractivity contribution in [2.45, 2.75) is 18.9 Å². The van der Waals surface area contributed by atoms with E-state index in [0.717, 1.165) is 11.6 Å². The summed E-state index contributed by atoms with van der Waals surface area (Å²) < 4.78 is 40.5. The van der Waals surface area contributed by atoms with Crippen LogP contribution in [-0.4, -0.2) is 6.04 Å². The Bertz CT molecular complexity index is 614. The SMILES string of the molecule is NNC(Cc1cc(F)cc(Br)c1)Cc1ccc(F)cc1F. The van der Waals surface area contributed by atoms with Crippen LogP contribution in [0.3, 0.4) is 0 Å². The first kappa shape index (κ1) is 16.0. The molecule has 0 aliphatic carbocycles. The predicted octanol–water partition coefficient (Wildman–Crippen LogP) is 3.48. The number of nitrogens with one attached hydrogen (secondary N) is 1. The van der Waals surface area contributed by atoms with Crippen LogP contribution in [-0.2, 0) is 12.8 Å². The zero-order chi connectivity index (χ0) is 15.4. The van der Waals surface area contributed by atoms with Crippen molar-refractivity contribution in [1.29, 1.82) is 0 Å². The van der Waals surface area contributed by atoms with Crippen LogP contribution in [0.2, 0.25) is 0 Å². The van der Waals surface area contributed by atoms with Crippen molar-refractivity contribution in [2.24, 2.45) is 5.84 Å². The fourth-order valence-electron chi connectivity index (χ4n) is 2.16. The topological polar surface area (TPSA) is 38.0 Å². The number of halogens is 4. The lowest BCUT2D eigenvalue weighted by Crippen LogP contribution is -2.38. The van der Waals surface area contributed by atoms with E-state index in [1.54, 1.807) is 6.07 Å². The van der Waals surface area contributed by atoms with E-state index in [1.165, 1.54) is 24.3 Å². The number of hydrazine groups is 1. The van der Waals surface area contributed by atoms with Crippen LogP contribution in [0.4, 0.5) is 13.2 Å². The zero-order valence-electron chi connectivity index (χ0n) is 11.0. The molecule has 112 valence electrons. The smallest absolute Gasteiger partial charge is 0.129 e. The van der Waals surface area contributed by atoms with E-state index >= 15 is 0 Å². The second-order valence-corrected chi connectivity index (χ2v) is 5.70. The van der Waals surface area contributed by atoms with E-state index in [-0.39, 0.29) is 18.3 Å². The molecule has 1 atom stereocenters. The van der Waals surface area contributed by atoms with Crippen molar-refractivity contribution in [2.75, 3.05) is 0 Å². The summed E-state index contributed by atoms with van der Waals surface area (Å²) >= 11 is 3.22. The first-order valence-corrected chi connectivity index (χ1v) is 7.12. The normalized spacial score (nSPS) is 12.4. The van der Waals surface area contributed by atoms with Crippen molar-refractivity contribution in [1.82, 2.24) is 5.43 Å². The van der Waals surface area contributed by atoms with Crippen LogP contribution in [0.25, 0.3) is 0 Å². The Hall–Kier alpha value is -1.37. The van der Waals surface area contributed by atoms with Gasteiger partial charge in [0.1, 0.15) is 17.5 Å². The third-order valence-electron chi connectivity index (χ3n) is 3.12. The largest absolute Gasteiger partial charge is 0.271 e. The molecule has 0 aliphatic heterocycles. The van der Waals surface area contributed by atoms with Gasteiger partial charge in [-0.1, -0.05) is 22.0 Å². The molecule has 2 aromatic rings. The van der Waals surface area contributed by atoms with E-state index in [4.69, 9.17) is 5.84 Å². The average Bonchev–Trinajstić information content (AvgIpc) is 2.39. The Balaban J connectivity index is 2.12. The lowest BCUT2D eigenvalue weighted by molar-refractivity contribution is 0.501. The number of nitrogens with two attached hydrogens (primary N) is 1. The van der Waals surface area contributed by atoms with Crippen molar-refractivity contribution in [3.05, 3.63) is 69.4 Å². The minimum Gasteiger partial charge on any atom is -0.271 e. The number of rotatable bonds is 5. The molecule has 1 unspecified atom stereocenters. The Kier molecular flexibility index (Phi) is 5.39. The van der Waals surface area contributed by atoms with Gasteiger partial charge in [0.2, 0.25) is 0 Å². The summed E-state index contributed by atoms with van der Waals surface area (Å²) in [6.45, 7) is 0. The molecule has 0 fully saturated rings. The van der Waals surface area contributed by atoms with Gasteiger partial charge in [0.15, 0.2) is 0 Å². The molecule has 0 saturated heterocycles. The van der Waals surface area contributed by atoms with Gasteiger partial charge in [-0.25, -0.2) is 13.2 Å². The van der Waals surface area contributed by atoms with Crippen molar-refractivity contribution in [3.63, 3.8) is 0 Å². The maximum absolute atomic E-state index is 13.6. The first-order valence-electron chi connectivity index (χ1n) is 6.33. The molecule has 0 saturated carbocycles. The van der Waals surface area contributed by atoms with E-state index in [0.29, 0.717) is 16.5 Å². The first-order chi connectivity index (χ1) is 9.97. The molecular weight excluding hydrogens is 345 g/mol. The highest BCUT2D eigenvalue weighted by atomic mass is 79.9. The molecule has 6 heteroatoms. The number of hydrogen-bond donors (Lipinski definition) is 2. The maximum atomic E-state index is 13.6. The molecule has 21 heavy (non-hydrogen) atoms. The quantitative estimate of drug-likeness (QED) is 0.634. The molecule has 0 bridgehead atoms. The standard InChI is InChI=1S/C15H14BrF3N2/c16-11-3-9(4-13(18)7-11)5-14(21-20)6-10-1-2-12(17)8-15(10)19/h1-4,7-8,14,21H,5-6,20H2. The van der Waals surface area contributed by atoms with Gasteiger partial charge in [0.05, 0.1) is 0 Å². The van der Waals surface area contributed by atoms with Crippen molar-refractivity contribution >= 4 is 15.9 Å². The Labute approximate surface area is 129 Å².